The van der Waals surface area contributed by atoms with Crippen molar-refractivity contribution in [2.45, 2.75) is 31.3 Å². The van der Waals surface area contributed by atoms with Crippen molar-refractivity contribution < 1.29 is 23.8 Å². The van der Waals surface area contributed by atoms with Crippen molar-refractivity contribution in [1.82, 2.24) is 9.80 Å². The molecule has 2 heterocycles. The molecule has 0 bridgehead atoms. The summed E-state index contributed by atoms with van der Waals surface area (Å²) in [6.45, 7) is 1.56. The zero-order valence-electron chi connectivity index (χ0n) is 18.3. The molecule has 2 saturated heterocycles. The second kappa shape index (κ2) is 9.81. The topological polar surface area (TPSA) is 68.3 Å². The minimum absolute atomic E-state index is 0.0251. The maximum absolute atomic E-state index is 13.2. The van der Waals surface area contributed by atoms with E-state index >= 15 is 0 Å². The van der Waals surface area contributed by atoms with E-state index in [2.05, 4.69) is 28.1 Å². The monoisotopic (exact) mass is 502 g/mol. The van der Waals surface area contributed by atoms with Gasteiger partial charge in [-0.2, -0.15) is 0 Å². The molecule has 0 N–H and O–H groups in total. The number of piperidine rings is 1. The van der Waals surface area contributed by atoms with Gasteiger partial charge in [0.05, 0.1) is 25.8 Å². The Bertz CT molecular complexity index is 976. The van der Waals surface area contributed by atoms with Gasteiger partial charge in [-0.3, -0.25) is 9.69 Å². The van der Waals surface area contributed by atoms with Crippen LogP contribution in [0.4, 0.5) is 4.79 Å². The minimum Gasteiger partial charge on any atom is -0.493 e. The lowest BCUT2D eigenvalue weighted by atomic mass is 9.98. The highest BCUT2D eigenvalue weighted by atomic mass is 79.9. The van der Waals surface area contributed by atoms with Gasteiger partial charge in [-0.1, -0.05) is 30.3 Å². The van der Waals surface area contributed by atoms with E-state index in [9.17, 15) is 9.59 Å². The molecular formula is C24H27BrN2O5. The fraction of sp³-hybridized carbons (Fsp3) is 0.417. The van der Waals surface area contributed by atoms with Crippen LogP contribution in [0.5, 0.6) is 11.5 Å². The maximum Gasteiger partial charge on any atom is 0.410 e. The van der Waals surface area contributed by atoms with Crippen molar-refractivity contribution in [2.24, 2.45) is 0 Å². The van der Waals surface area contributed by atoms with Gasteiger partial charge in [0, 0.05) is 23.6 Å². The predicted octanol–water partition coefficient (Wildman–Crippen LogP) is 4.13. The van der Waals surface area contributed by atoms with Crippen molar-refractivity contribution in [1.29, 1.82) is 0 Å². The molecule has 2 aromatic carbocycles. The Balaban J connectivity index is 1.42. The number of methoxy groups -OCH3 is 2. The molecule has 2 amide bonds. The number of carbonyl (C=O) groups is 2. The highest BCUT2D eigenvalue weighted by Crippen LogP contribution is 2.34. The molecule has 0 radical (unpaired) electrons. The lowest BCUT2D eigenvalue weighted by Crippen LogP contribution is -2.50. The molecule has 1 unspecified atom stereocenters. The van der Waals surface area contributed by atoms with Crippen LogP contribution in [0.3, 0.4) is 0 Å². The summed E-state index contributed by atoms with van der Waals surface area (Å²) in [4.78, 5) is 29.4. The first-order valence-electron chi connectivity index (χ1n) is 10.7. The van der Waals surface area contributed by atoms with Crippen LogP contribution in [0.2, 0.25) is 0 Å². The number of amides is 2. The molecule has 1 atom stereocenters. The van der Waals surface area contributed by atoms with Crippen LogP contribution in [-0.4, -0.2) is 67.8 Å². The number of hydrogen-bond acceptors (Lipinski definition) is 5. The molecule has 7 nitrogen and oxygen atoms in total. The van der Waals surface area contributed by atoms with E-state index in [-0.39, 0.29) is 24.1 Å². The maximum atomic E-state index is 13.2. The molecule has 0 spiro atoms. The molecule has 2 aliphatic rings. The Kier molecular flexibility index (Phi) is 6.89. The largest absolute Gasteiger partial charge is 0.493 e. The summed E-state index contributed by atoms with van der Waals surface area (Å²) in [6, 6.07) is 13.7. The van der Waals surface area contributed by atoms with Gasteiger partial charge in [-0.25, -0.2) is 4.79 Å². The van der Waals surface area contributed by atoms with Crippen molar-refractivity contribution in [2.75, 3.05) is 33.9 Å². The molecular weight excluding hydrogens is 476 g/mol. The summed E-state index contributed by atoms with van der Waals surface area (Å²) in [5, 5.41) is 0. The number of nitrogens with zero attached hydrogens (tertiary/aromatic N) is 2. The molecule has 0 saturated carbocycles. The number of cyclic esters (lactones) is 1. The van der Waals surface area contributed by atoms with Crippen LogP contribution in [0.15, 0.2) is 46.9 Å². The van der Waals surface area contributed by atoms with Crippen molar-refractivity contribution in [3.8, 4) is 11.5 Å². The van der Waals surface area contributed by atoms with Gasteiger partial charge >= 0.3 is 6.09 Å². The van der Waals surface area contributed by atoms with Gasteiger partial charge in [0.25, 0.3) is 5.91 Å². The first kappa shape index (κ1) is 22.5. The second-order valence-electron chi connectivity index (χ2n) is 8.04. The van der Waals surface area contributed by atoms with Crippen molar-refractivity contribution in [3.63, 3.8) is 0 Å². The van der Waals surface area contributed by atoms with E-state index in [0.717, 1.165) is 19.3 Å². The normalized spacial score (nSPS) is 19.1. The Hall–Kier alpha value is -2.74. The average Bonchev–Trinajstić information content (AvgIpc) is 3.18. The number of carbonyl (C=O) groups excluding carboxylic acids is 2. The third-order valence-corrected chi connectivity index (χ3v) is 6.82. The van der Waals surface area contributed by atoms with E-state index in [1.165, 1.54) is 5.56 Å². The fourth-order valence-corrected chi connectivity index (χ4v) is 4.99. The molecule has 2 fully saturated rings. The summed E-state index contributed by atoms with van der Waals surface area (Å²) >= 11 is 3.48. The van der Waals surface area contributed by atoms with Gasteiger partial charge in [0.2, 0.25) is 0 Å². The Morgan fingerprint density at radius 2 is 1.75 bits per heavy atom. The summed E-state index contributed by atoms with van der Waals surface area (Å²) in [5.74, 6) is 1.00. The van der Waals surface area contributed by atoms with Crippen LogP contribution in [0, 0.1) is 0 Å². The van der Waals surface area contributed by atoms with Crippen molar-refractivity contribution in [3.05, 3.63) is 58.1 Å². The smallest absolute Gasteiger partial charge is 0.410 e. The third kappa shape index (κ3) is 4.55. The summed E-state index contributed by atoms with van der Waals surface area (Å²) < 4.78 is 16.7. The van der Waals surface area contributed by atoms with Crippen LogP contribution >= 0.6 is 15.9 Å². The highest BCUT2D eigenvalue weighted by Gasteiger charge is 2.40. The van der Waals surface area contributed by atoms with Gasteiger partial charge < -0.3 is 19.1 Å². The second-order valence-corrected chi connectivity index (χ2v) is 8.89. The van der Waals surface area contributed by atoms with Crippen LogP contribution < -0.4 is 9.47 Å². The number of ether oxygens (including phenoxy) is 3. The SMILES string of the molecule is COc1cc(Br)c(C(=O)N2CCC(N3C(=O)OCC3Cc3ccccc3)CC2)cc1OC. The van der Waals surface area contributed by atoms with Crippen LogP contribution in [-0.2, 0) is 11.2 Å². The number of hydrogen-bond donors (Lipinski definition) is 0. The molecule has 4 rings (SSSR count). The van der Waals surface area contributed by atoms with E-state index in [1.807, 2.05) is 28.0 Å². The Morgan fingerprint density at radius 1 is 1.09 bits per heavy atom. The zero-order chi connectivity index (χ0) is 22.7. The Morgan fingerprint density at radius 3 is 2.41 bits per heavy atom. The standard InChI is InChI=1S/C24H27BrN2O5/c1-30-21-13-19(20(25)14-22(21)31-2)23(28)26-10-8-17(9-11-26)27-18(15-32-24(27)29)12-16-6-4-3-5-7-16/h3-7,13-14,17-18H,8-12,15H2,1-2H3. The Labute approximate surface area is 196 Å². The van der Waals surface area contributed by atoms with Crippen LogP contribution in [0.1, 0.15) is 28.8 Å². The molecule has 32 heavy (non-hydrogen) atoms. The molecule has 2 aliphatic heterocycles. The van der Waals surface area contributed by atoms with E-state index in [4.69, 9.17) is 14.2 Å². The quantitative estimate of drug-likeness (QED) is 0.593. The van der Waals surface area contributed by atoms with Crippen molar-refractivity contribution >= 4 is 27.9 Å². The number of likely N-dealkylation sites (tertiary alicyclic amines) is 1. The summed E-state index contributed by atoms with van der Waals surface area (Å²) in [5.41, 5.74) is 1.72. The molecule has 8 heteroatoms. The first-order valence-corrected chi connectivity index (χ1v) is 11.5. The van der Waals surface area contributed by atoms with Gasteiger partial charge in [0.1, 0.15) is 6.61 Å². The number of halogens is 1. The molecule has 0 aliphatic carbocycles. The predicted molar refractivity (Wildman–Crippen MR) is 123 cm³/mol. The lowest BCUT2D eigenvalue weighted by Gasteiger charge is -2.38. The van der Waals surface area contributed by atoms with Gasteiger partial charge in [0.15, 0.2) is 11.5 Å². The molecule has 0 aromatic heterocycles. The van der Waals surface area contributed by atoms with Crippen LogP contribution in [0.25, 0.3) is 0 Å². The molecule has 170 valence electrons. The lowest BCUT2D eigenvalue weighted by molar-refractivity contribution is 0.0635. The number of benzene rings is 2. The first-order chi connectivity index (χ1) is 15.5. The third-order valence-electron chi connectivity index (χ3n) is 6.17. The fourth-order valence-electron chi connectivity index (χ4n) is 4.50. The highest BCUT2D eigenvalue weighted by molar-refractivity contribution is 9.10. The van der Waals surface area contributed by atoms with E-state index < -0.39 is 0 Å². The average molecular weight is 503 g/mol. The zero-order valence-corrected chi connectivity index (χ0v) is 19.8. The summed E-state index contributed by atoms with van der Waals surface area (Å²) in [6.07, 6.45) is 1.96. The minimum atomic E-state index is -0.252. The number of rotatable bonds is 6. The summed E-state index contributed by atoms with van der Waals surface area (Å²) in [7, 11) is 3.11. The van der Waals surface area contributed by atoms with Gasteiger partial charge in [-0.05, 0) is 52.9 Å². The van der Waals surface area contributed by atoms with E-state index in [0.29, 0.717) is 41.2 Å². The molecule has 2 aromatic rings. The van der Waals surface area contributed by atoms with Gasteiger partial charge in [-0.15, -0.1) is 0 Å². The van der Waals surface area contributed by atoms with E-state index in [1.54, 1.807) is 26.4 Å².